The van der Waals surface area contributed by atoms with Crippen molar-refractivity contribution in [3.8, 4) is 0 Å². The predicted octanol–water partition coefficient (Wildman–Crippen LogP) is 2.98. The van der Waals surface area contributed by atoms with Gasteiger partial charge in [-0.3, -0.25) is 9.89 Å². The Kier molecular flexibility index (Phi) is 3.93. The van der Waals surface area contributed by atoms with Crippen LogP contribution in [-0.4, -0.2) is 21.9 Å². The first-order valence-electron chi connectivity index (χ1n) is 5.01. The monoisotopic (exact) mass is 269 g/mol. The number of anilines is 1. The number of nitrogens with zero attached hydrogens (tertiary/aromatic N) is 1. The molecule has 0 fully saturated rings. The van der Waals surface area contributed by atoms with Crippen molar-refractivity contribution in [3.05, 3.63) is 42.1 Å². The number of amides is 1. The third-order valence-electron chi connectivity index (χ3n) is 2.10. The number of thioether (sulfide) groups is 1. The molecule has 94 valence electrons. The Labute approximate surface area is 106 Å². The molecule has 2 rings (SSSR count). The maximum absolute atomic E-state index is 12.4. The summed E-state index contributed by atoms with van der Waals surface area (Å²) in [6.07, 6.45) is 1.48. The van der Waals surface area contributed by atoms with Crippen LogP contribution in [0.2, 0.25) is 0 Å². The lowest BCUT2D eigenvalue weighted by Gasteiger charge is -2.08. The lowest BCUT2D eigenvalue weighted by molar-refractivity contribution is 0.102. The molecule has 0 aliphatic rings. The van der Waals surface area contributed by atoms with Gasteiger partial charge in [0.1, 0.15) is 5.82 Å². The number of benzene rings is 1. The molecular weight excluding hydrogens is 260 g/mol. The highest BCUT2D eigenvalue weighted by Gasteiger charge is 2.15. The number of H-pyrrole nitrogens is 1. The number of hydrogen-bond acceptors (Lipinski definition) is 3. The van der Waals surface area contributed by atoms with E-state index in [2.05, 4.69) is 15.5 Å². The number of nitrogens with one attached hydrogen (secondary N) is 2. The second kappa shape index (κ2) is 5.63. The summed E-state index contributed by atoms with van der Waals surface area (Å²) in [5.41, 5.74) is 0.206. The molecule has 4 nitrogen and oxygen atoms in total. The van der Waals surface area contributed by atoms with Gasteiger partial charge in [0.15, 0.2) is 0 Å². The van der Waals surface area contributed by atoms with Crippen LogP contribution in [0.5, 0.6) is 0 Å². The van der Waals surface area contributed by atoms with Crippen molar-refractivity contribution in [1.82, 2.24) is 10.2 Å². The molecule has 1 aromatic carbocycles. The first-order valence-corrected chi connectivity index (χ1v) is 5.89. The molecule has 0 saturated heterocycles. The minimum atomic E-state index is -2.56. The van der Waals surface area contributed by atoms with Gasteiger partial charge in [0.05, 0.1) is 11.8 Å². The standard InChI is InChI=1S/C11H9F2N3OS/c12-11(13)18-8-4-2-1-3-7(8)10(17)15-9-5-6-14-16-9/h1-6,11H,(H2,14,15,16,17). The Morgan fingerprint density at radius 1 is 1.33 bits per heavy atom. The van der Waals surface area contributed by atoms with Gasteiger partial charge in [0.2, 0.25) is 0 Å². The molecule has 0 bridgehead atoms. The second-order valence-corrected chi connectivity index (χ2v) is 4.33. The van der Waals surface area contributed by atoms with Crippen molar-refractivity contribution in [2.24, 2.45) is 0 Å². The van der Waals surface area contributed by atoms with E-state index in [1.54, 1.807) is 18.2 Å². The van der Waals surface area contributed by atoms with E-state index in [4.69, 9.17) is 0 Å². The van der Waals surface area contributed by atoms with E-state index in [0.29, 0.717) is 17.6 Å². The van der Waals surface area contributed by atoms with E-state index in [1.165, 1.54) is 18.3 Å². The quantitative estimate of drug-likeness (QED) is 0.839. The largest absolute Gasteiger partial charge is 0.307 e. The summed E-state index contributed by atoms with van der Waals surface area (Å²) >= 11 is 0.346. The Balaban J connectivity index is 2.19. The zero-order valence-corrected chi connectivity index (χ0v) is 9.88. The normalized spacial score (nSPS) is 10.6. The Morgan fingerprint density at radius 2 is 2.11 bits per heavy atom. The third-order valence-corrected chi connectivity index (χ3v) is 2.88. The highest BCUT2D eigenvalue weighted by Crippen LogP contribution is 2.28. The van der Waals surface area contributed by atoms with Gasteiger partial charge in [-0.05, 0) is 12.1 Å². The minimum absolute atomic E-state index is 0.206. The maximum atomic E-state index is 12.4. The topological polar surface area (TPSA) is 57.8 Å². The van der Waals surface area contributed by atoms with Crippen molar-refractivity contribution >= 4 is 23.5 Å². The fourth-order valence-corrected chi connectivity index (χ4v) is 2.00. The lowest BCUT2D eigenvalue weighted by Crippen LogP contribution is -2.13. The lowest BCUT2D eigenvalue weighted by atomic mass is 10.2. The van der Waals surface area contributed by atoms with Crippen LogP contribution in [0.25, 0.3) is 0 Å². The smallest absolute Gasteiger partial charge is 0.288 e. The minimum Gasteiger partial charge on any atom is -0.307 e. The molecule has 1 heterocycles. The van der Waals surface area contributed by atoms with Crippen LogP contribution in [0.3, 0.4) is 0 Å². The maximum Gasteiger partial charge on any atom is 0.288 e. The molecule has 18 heavy (non-hydrogen) atoms. The number of halogens is 2. The van der Waals surface area contributed by atoms with Gasteiger partial charge >= 0.3 is 0 Å². The van der Waals surface area contributed by atoms with Gasteiger partial charge in [0.25, 0.3) is 11.7 Å². The number of aromatic amines is 1. The van der Waals surface area contributed by atoms with Gasteiger partial charge in [-0.25, -0.2) is 0 Å². The molecule has 0 atom stereocenters. The molecule has 0 aliphatic carbocycles. The molecule has 0 spiro atoms. The molecule has 2 N–H and O–H groups in total. The fourth-order valence-electron chi connectivity index (χ4n) is 1.37. The molecule has 2 aromatic rings. The Bertz CT molecular complexity index is 531. The number of alkyl halides is 2. The average Bonchev–Trinajstić information content (AvgIpc) is 2.81. The summed E-state index contributed by atoms with van der Waals surface area (Å²) in [4.78, 5) is 12.1. The molecular formula is C11H9F2N3OS. The Hall–Kier alpha value is -1.89. The highest BCUT2D eigenvalue weighted by molar-refractivity contribution is 7.99. The van der Waals surface area contributed by atoms with Crippen molar-refractivity contribution in [2.75, 3.05) is 5.32 Å². The van der Waals surface area contributed by atoms with E-state index in [0.717, 1.165) is 0 Å². The molecule has 1 amide bonds. The van der Waals surface area contributed by atoms with Crippen LogP contribution in [0, 0.1) is 0 Å². The molecule has 0 unspecified atom stereocenters. The van der Waals surface area contributed by atoms with Crippen LogP contribution < -0.4 is 5.32 Å². The predicted molar refractivity (Wildman–Crippen MR) is 64.8 cm³/mol. The van der Waals surface area contributed by atoms with Gasteiger partial charge in [-0.1, -0.05) is 23.9 Å². The summed E-state index contributed by atoms with van der Waals surface area (Å²) in [6, 6.07) is 7.78. The zero-order chi connectivity index (χ0) is 13.0. The molecule has 0 radical (unpaired) electrons. The highest BCUT2D eigenvalue weighted by atomic mass is 32.2. The SMILES string of the molecule is O=C(Nc1ccn[nH]1)c1ccccc1SC(F)F. The number of rotatable bonds is 4. The van der Waals surface area contributed by atoms with E-state index >= 15 is 0 Å². The van der Waals surface area contributed by atoms with Crippen LogP contribution in [-0.2, 0) is 0 Å². The van der Waals surface area contributed by atoms with Gasteiger partial charge in [-0.15, -0.1) is 0 Å². The molecule has 0 aliphatic heterocycles. The summed E-state index contributed by atoms with van der Waals surface area (Å²) < 4.78 is 24.7. The van der Waals surface area contributed by atoms with E-state index in [9.17, 15) is 13.6 Å². The van der Waals surface area contributed by atoms with Crippen molar-refractivity contribution in [3.63, 3.8) is 0 Å². The second-order valence-electron chi connectivity index (χ2n) is 3.30. The number of carbonyl (C=O) groups excluding carboxylic acids is 1. The number of aromatic nitrogens is 2. The first-order chi connectivity index (χ1) is 8.66. The van der Waals surface area contributed by atoms with Crippen LogP contribution in [0.4, 0.5) is 14.6 Å². The number of hydrogen-bond donors (Lipinski definition) is 2. The van der Waals surface area contributed by atoms with Gasteiger partial charge in [-0.2, -0.15) is 13.9 Å². The third kappa shape index (κ3) is 3.07. The molecule has 7 heteroatoms. The molecule has 0 saturated carbocycles. The molecule has 1 aromatic heterocycles. The van der Waals surface area contributed by atoms with Gasteiger partial charge < -0.3 is 5.32 Å². The van der Waals surface area contributed by atoms with Crippen molar-refractivity contribution in [1.29, 1.82) is 0 Å². The summed E-state index contributed by atoms with van der Waals surface area (Å²) in [6.45, 7) is 0. The summed E-state index contributed by atoms with van der Waals surface area (Å²) in [5, 5.41) is 8.77. The summed E-state index contributed by atoms with van der Waals surface area (Å²) in [5.74, 6) is -2.61. The van der Waals surface area contributed by atoms with E-state index < -0.39 is 11.7 Å². The van der Waals surface area contributed by atoms with E-state index in [-0.39, 0.29) is 10.5 Å². The van der Waals surface area contributed by atoms with E-state index in [1.807, 2.05) is 0 Å². The zero-order valence-electron chi connectivity index (χ0n) is 9.06. The average molecular weight is 269 g/mol. The van der Waals surface area contributed by atoms with Gasteiger partial charge in [0, 0.05) is 11.0 Å². The van der Waals surface area contributed by atoms with Crippen molar-refractivity contribution in [2.45, 2.75) is 10.7 Å². The number of carbonyl (C=O) groups is 1. The Morgan fingerprint density at radius 3 is 2.78 bits per heavy atom. The summed E-state index contributed by atoms with van der Waals surface area (Å²) in [7, 11) is 0. The van der Waals surface area contributed by atoms with Crippen LogP contribution >= 0.6 is 11.8 Å². The van der Waals surface area contributed by atoms with Crippen LogP contribution in [0.1, 0.15) is 10.4 Å². The van der Waals surface area contributed by atoms with Crippen LogP contribution in [0.15, 0.2) is 41.4 Å². The van der Waals surface area contributed by atoms with Crippen molar-refractivity contribution < 1.29 is 13.6 Å². The first kappa shape index (κ1) is 12.6. The fraction of sp³-hybridized carbons (Fsp3) is 0.0909.